The lowest BCUT2D eigenvalue weighted by molar-refractivity contribution is 0.426. The predicted molar refractivity (Wildman–Crippen MR) is 470 cm³/mol. The quantitative estimate of drug-likeness (QED) is 0.0904. The van der Waals surface area contributed by atoms with Crippen molar-refractivity contribution in [3.63, 3.8) is 0 Å². The van der Waals surface area contributed by atoms with E-state index in [9.17, 15) is 10.0 Å². The van der Waals surface area contributed by atoms with Crippen LogP contribution in [-0.2, 0) is 0 Å². The van der Waals surface area contributed by atoms with E-state index >= 15 is 0 Å². The van der Waals surface area contributed by atoms with Gasteiger partial charge < -0.3 is 18.9 Å². The lowest BCUT2D eigenvalue weighted by Gasteiger charge is -2.18. The van der Waals surface area contributed by atoms with E-state index in [1.807, 2.05) is 66.7 Å². The molecule has 0 aliphatic rings. The molecule has 0 bridgehead atoms. The van der Waals surface area contributed by atoms with Crippen LogP contribution in [-0.4, -0.2) is 17.2 Å². The number of fused-ring (bicyclic) bond motifs is 20. The van der Waals surface area contributed by atoms with Crippen LogP contribution in [0.15, 0.2) is 402 Å². The Kier molecular flexibility index (Phi) is 16.6. The molecule has 0 aliphatic carbocycles. The fraction of sp³-hybridized carbons (Fsp3) is 0. The summed E-state index contributed by atoms with van der Waals surface area (Å²) in [7, 11) is -1.53. The molecule has 2 aromatic heterocycles. The first kappa shape index (κ1) is 66.0. The van der Waals surface area contributed by atoms with E-state index < -0.39 is 7.12 Å². The topological polar surface area (TPSA) is 66.7 Å². The fourth-order valence-corrected chi connectivity index (χ4v) is 17.5. The molecule has 22 rings (SSSR count). The summed E-state index contributed by atoms with van der Waals surface area (Å²) in [6.45, 7) is 0. The predicted octanol–water partition coefficient (Wildman–Crippen LogP) is 28.2. The first-order chi connectivity index (χ1) is 54.3. The Morgan fingerprint density at radius 2 is 0.455 bits per heavy atom. The standard InChI is InChI=1S/C52H32O.C26H19BO2.C26H15BrO/c1-2-13-33(14-3-1)34-25-27-35(28-26-34)49-42-20-7-9-22-44(42)50(45-23-10-8-21-43(45)49)38-16-12-15-36(31-38)37-29-30-48-47(32-37)51-41-19-6-4-17-39(41)40-18-5-11-24-46(40)52(51)53-48;28-27(29)26-23-12-6-4-10-21(23)25(22-11-5-7-13-24(22)26)20-16-14-19(15-17-20)18-8-2-1-3-9-18;27-18-7-5-6-16(14-18)17-12-13-24-23(15-17)25-21-10-3-1-8-19(21)20-9-2-4-11-22(20)26(25)28-24/h1-32H;1-17,28-29H;1-15H. The van der Waals surface area contributed by atoms with Crippen molar-refractivity contribution < 1.29 is 18.9 Å². The average molecular weight is 1470 g/mol. The Hall–Kier alpha value is -13.5. The van der Waals surface area contributed by atoms with Crippen LogP contribution in [0, 0.1) is 0 Å². The highest BCUT2D eigenvalue weighted by molar-refractivity contribution is 9.10. The van der Waals surface area contributed by atoms with E-state index in [4.69, 9.17) is 8.83 Å². The maximum absolute atomic E-state index is 10.1. The summed E-state index contributed by atoms with van der Waals surface area (Å²) in [6, 6.07) is 137. The molecule has 6 heteroatoms. The molecule has 0 radical (unpaired) electrons. The maximum atomic E-state index is 10.1. The largest absolute Gasteiger partial charge is 0.489 e. The summed E-state index contributed by atoms with van der Waals surface area (Å²) >= 11 is 3.58. The van der Waals surface area contributed by atoms with Crippen LogP contribution in [0.5, 0.6) is 0 Å². The Morgan fingerprint density at radius 3 is 0.845 bits per heavy atom. The van der Waals surface area contributed by atoms with Crippen molar-refractivity contribution in [2.45, 2.75) is 0 Å². The van der Waals surface area contributed by atoms with Crippen molar-refractivity contribution in [1.29, 1.82) is 0 Å². The Bertz CT molecular complexity index is 7250. The van der Waals surface area contributed by atoms with Gasteiger partial charge in [0.15, 0.2) is 0 Å². The second-order valence-electron chi connectivity index (χ2n) is 28.3. The molecule has 4 nitrogen and oxygen atoms in total. The molecule has 2 heterocycles. The lowest BCUT2D eigenvalue weighted by Crippen LogP contribution is -2.31. The molecule has 110 heavy (non-hydrogen) atoms. The van der Waals surface area contributed by atoms with E-state index in [0.717, 1.165) is 81.0 Å². The zero-order valence-corrected chi connectivity index (χ0v) is 61.2. The monoisotopic (exact) mass is 1470 g/mol. The van der Waals surface area contributed by atoms with Crippen LogP contribution < -0.4 is 5.46 Å². The highest BCUT2D eigenvalue weighted by atomic mass is 79.9. The number of hydrogen-bond acceptors (Lipinski definition) is 4. The van der Waals surface area contributed by atoms with Gasteiger partial charge in [0.2, 0.25) is 0 Å². The van der Waals surface area contributed by atoms with Crippen molar-refractivity contribution in [2.24, 2.45) is 0 Å². The minimum Gasteiger partial charge on any atom is -0.455 e. The van der Waals surface area contributed by atoms with E-state index in [0.29, 0.717) is 5.46 Å². The van der Waals surface area contributed by atoms with E-state index in [1.54, 1.807) is 0 Å². The number of furan rings is 2. The van der Waals surface area contributed by atoms with Crippen molar-refractivity contribution in [1.82, 2.24) is 0 Å². The first-order valence-electron chi connectivity index (χ1n) is 37.3. The third-order valence-corrected chi connectivity index (χ3v) is 22.6. The lowest BCUT2D eigenvalue weighted by atomic mass is 9.72. The van der Waals surface area contributed by atoms with Crippen LogP contribution in [0.3, 0.4) is 0 Å². The second kappa shape index (κ2) is 27.7. The van der Waals surface area contributed by atoms with Gasteiger partial charge in [-0.2, -0.15) is 0 Å². The molecule has 0 spiro atoms. The molecule has 0 unspecified atom stereocenters. The van der Waals surface area contributed by atoms with Crippen molar-refractivity contribution in [3.8, 4) is 77.9 Å². The Morgan fingerprint density at radius 1 is 0.191 bits per heavy atom. The summed E-state index contributed by atoms with van der Waals surface area (Å²) in [5.74, 6) is 0. The van der Waals surface area contributed by atoms with Crippen LogP contribution in [0.25, 0.3) is 208 Å². The van der Waals surface area contributed by atoms with Gasteiger partial charge in [0.1, 0.15) is 22.3 Å². The van der Waals surface area contributed by atoms with Gasteiger partial charge >= 0.3 is 7.12 Å². The first-order valence-corrected chi connectivity index (χ1v) is 38.1. The van der Waals surface area contributed by atoms with Gasteiger partial charge in [0.25, 0.3) is 0 Å². The van der Waals surface area contributed by atoms with Gasteiger partial charge in [0.05, 0.1) is 0 Å². The number of benzene rings is 20. The molecule has 0 amide bonds. The normalized spacial score (nSPS) is 11.6. The molecule has 22 aromatic rings. The van der Waals surface area contributed by atoms with Crippen molar-refractivity contribution in [3.05, 3.63) is 393 Å². The van der Waals surface area contributed by atoms with E-state index in [-0.39, 0.29) is 0 Å². The average Bonchev–Trinajstić information content (AvgIpc) is 1.37. The summed E-state index contributed by atoms with van der Waals surface area (Å²) in [4.78, 5) is 0. The molecule has 0 fully saturated rings. The van der Waals surface area contributed by atoms with Gasteiger partial charge in [-0.3, -0.25) is 0 Å². The zero-order chi connectivity index (χ0) is 73.3. The summed E-state index contributed by atoms with van der Waals surface area (Å²) in [6.07, 6.45) is 0. The highest BCUT2D eigenvalue weighted by Crippen LogP contribution is 2.48. The molecular weight excluding hydrogens is 1400 g/mol. The fourth-order valence-electron chi connectivity index (χ4n) is 17.1. The smallest absolute Gasteiger partial charge is 0.455 e. The minimum absolute atomic E-state index is 0.556. The van der Waals surface area contributed by atoms with Crippen LogP contribution in [0.1, 0.15) is 0 Å². The minimum atomic E-state index is -1.53. The van der Waals surface area contributed by atoms with Gasteiger partial charge in [0, 0.05) is 36.8 Å². The van der Waals surface area contributed by atoms with Crippen molar-refractivity contribution >= 4 is 159 Å². The third kappa shape index (κ3) is 11.5. The summed E-state index contributed by atoms with van der Waals surface area (Å²) in [5.41, 5.74) is 21.0. The molecule has 0 saturated carbocycles. The molecular formula is C104H66BBrO4. The molecule has 2 N–H and O–H groups in total. The Labute approximate surface area is 643 Å². The van der Waals surface area contributed by atoms with Crippen LogP contribution in [0.2, 0.25) is 0 Å². The van der Waals surface area contributed by atoms with Gasteiger partial charge in [-0.25, -0.2) is 0 Å². The van der Waals surface area contributed by atoms with Gasteiger partial charge in [-0.15, -0.1) is 0 Å². The summed E-state index contributed by atoms with van der Waals surface area (Å²) in [5, 5.41) is 43.4. The van der Waals surface area contributed by atoms with Crippen LogP contribution >= 0.6 is 15.9 Å². The van der Waals surface area contributed by atoms with Gasteiger partial charge in [-0.1, -0.05) is 362 Å². The molecule has 20 aromatic carbocycles. The highest BCUT2D eigenvalue weighted by Gasteiger charge is 2.24. The van der Waals surface area contributed by atoms with Gasteiger partial charge in [-0.05, 0) is 201 Å². The third-order valence-electron chi connectivity index (χ3n) is 22.1. The zero-order valence-electron chi connectivity index (χ0n) is 59.6. The molecule has 0 aliphatic heterocycles. The second-order valence-corrected chi connectivity index (χ2v) is 29.2. The van der Waals surface area contributed by atoms with E-state index in [2.05, 4.69) is 337 Å². The van der Waals surface area contributed by atoms with Crippen molar-refractivity contribution in [2.75, 3.05) is 0 Å². The van der Waals surface area contributed by atoms with E-state index in [1.165, 1.54) is 131 Å². The molecule has 516 valence electrons. The van der Waals surface area contributed by atoms with Crippen LogP contribution in [0.4, 0.5) is 0 Å². The number of rotatable bonds is 8. The maximum Gasteiger partial charge on any atom is 0.489 e. The molecule has 0 saturated heterocycles. The SMILES string of the molecule is Brc1cccc(-c2ccc3oc4c5ccccc5c5ccccc5c4c3c2)c1.OB(O)c1c2ccccc2c(-c2ccc(-c3ccccc3)cc2)c2ccccc12.c1ccc(-c2ccc(-c3c4ccccc4c(-c4cccc(-c5ccc6oc7c8ccccc8c8ccccc8c7c6c5)c4)c4ccccc34)cc2)cc1. The summed E-state index contributed by atoms with van der Waals surface area (Å²) < 4.78 is 14.1. The number of halogens is 1. The Balaban J connectivity index is 0.000000118. The number of hydrogen-bond donors (Lipinski definition) is 2. The molecule has 0 atom stereocenters.